The number of hydrogen-bond donors (Lipinski definition) is 2. The van der Waals surface area contributed by atoms with Crippen molar-refractivity contribution in [3.05, 3.63) is 29.3 Å². The molecule has 3 aliphatic heterocycles. The molecule has 0 spiro atoms. The van der Waals surface area contributed by atoms with E-state index in [4.69, 9.17) is 4.74 Å². The maximum atomic E-state index is 12.2. The normalized spacial score (nSPS) is 29.1. The summed E-state index contributed by atoms with van der Waals surface area (Å²) in [5.41, 5.74) is 1.87. The van der Waals surface area contributed by atoms with Crippen molar-refractivity contribution in [1.29, 1.82) is 0 Å². The molecule has 3 heterocycles. The van der Waals surface area contributed by atoms with Crippen molar-refractivity contribution in [3.63, 3.8) is 0 Å². The predicted octanol–water partition coefficient (Wildman–Crippen LogP) is 1.47. The molecule has 1 aromatic rings. The van der Waals surface area contributed by atoms with Gasteiger partial charge in [-0.2, -0.15) is 0 Å². The lowest BCUT2D eigenvalue weighted by atomic mass is 9.80. The standard InChI is InChI=1S/C19H25N3O3/c1-19(17(23)20-18(24)21-19)15-3-2-8-22(12-15)9-6-13-4-5-16-14(11-13)7-10-25-16/h4-5,11,15H,2-3,6-10,12H2,1H3,(H2,20,21,23,24)/t15-,19-/m1/s1. The third-order valence-corrected chi connectivity index (χ3v) is 5.86. The fraction of sp³-hybridized carbons (Fsp3) is 0.579. The quantitative estimate of drug-likeness (QED) is 0.813. The number of likely N-dealkylation sites (tertiary alicyclic amines) is 1. The summed E-state index contributed by atoms with van der Waals surface area (Å²) in [6.07, 6.45) is 4.02. The number of imide groups is 1. The van der Waals surface area contributed by atoms with Gasteiger partial charge in [-0.1, -0.05) is 12.1 Å². The van der Waals surface area contributed by atoms with Crippen LogP contribution in [0.3, 0.4) is 0 Å². The van der Waals surface area contributed by atoms with E-state index in [0.29, 0.717) is 0 Å². The molecule has 0 aliphatic carbocycles. The highest BCUT2D eigenvalue weighted by atomic mass is 16.5. The summed E-state index contributed by atoms with van der Waals surface area (Å²) in [5, 5.41) is 5.21. The Labute approximate surface area is 147 Å². The fourth-order valence-corrected chi connectivity index (χ4v) is 4.26. The molecular weight excluding hydrogens is 318 g/mol. The van der Waals surface area contributed by atoms with Gasteiger partial charge in [0.15, 0.2) is 0 Å². The van der Waals surface area contributed by atoms with Gasteiger partial charge in [0.1, 0.15) is 11.3 Å². The predicted molar refractivity (Wildman–Crippen MR) is 93.6 cm³/mol. The third-order valence-electron chi connectivity index (χ3n) is 5.86. The lowest BCUT2D eigenvalue weighted by Crippen LogP contribution is -2.55. The van der Waals surface area contributed by atoms with Gasteiger partial charge in [0.05, 0.1) is 6.61 Å². The highest BCUT2D eigenvalue weighted by Gasteiger charge is 2.48. The van der Waals surface area contributed by atoms with Gasteiger partial charge in [-0.25, -0.2) is 4.79 Å². The van der Waals surface area contributed by atoms with E-state index < -0.39 is 5.54 Å². The van der Waals surface area contributed by atoms with E-state index in [-0.39, 0.29) is 17.9 Å². The summed E-state index contributed by atoms with van der Waals surface area (Å²) >= 11 is 0. The van der Waals surface area contributed by atoms with Crippen molar-refractivity contribution in [1.82, 2.24) is 15.5 Å². The van der Waals surface area contributed by atoms with Gasteiger partial charge < -0.3 is 15.0 Å². The first-order chi connectivity index (χ1) is 12.0. The Balaban J connectivity index is 1.37. The Morgan fingerprint density at radius 1 is 1.36 bits per heavy atom. The van der Waals surface area contributed by atoms with Crippen molar-refractivity contribution in [3.8, 4) is 5.75 Å². The molecule has 3 amide bonds. The van der Waals surface area contributed by atoms with Crippen molar-refractivity contribution < 1.29 is 14.3 Å². The number of nitrogens with zero attached hydrogens (tertiary/aromatic N) is 1. The minimum atomic E-state index is -0.777. The molecular formula is C19H25N3O3. The molecule has 25 heavy (non-hydrogen) atoms. The van der Waals surface area contributed by atoms with E-state index in [9.17, 15) is 9.59 Å². The Hall–Kier alpha value is -2.08. The monoisotopic (exact) mass is 343 g/mol. The first-order valence-corrected chi connectivity index (χ1v) is 9.15. The van der Waals surface area contributed by atoms with Crippen LogP contribution in [0, 0.1) is 5.92 Å². The van der Waals surface area contributed by atoms with Crippen LogP contribution in [0.15, 0.2) is 18.2 Å². The summed E-state index contributed by atoms with van der Waals surface area (Å²) in [6.45, 7) is 5.51. The van der Waals surface area contributed by atoms with Crippen LogP contribution in [-0.4, -0.2) is 48.6 Å². The molecule has 6 nitrogen and oxygen atoms in total. The minimum Gasteiger partial charge on any atom is -0.493 e. The van der Waals surface area contributed by atoms with Gasteiger partial charge in [-0.05, 0) is 49.9 Å². The molecule has 0 radical (unpaired) electrons. The molecule has 0 saturated carbocycles. The molecule has 1 aromatic carbocycles. The van der Waals surface area contributed by atoms with Crippen molar-refractivity contribution in [2.24, 2.45) is 5.92 Å². The van der Waals surface area contributed by atoms with Crippen molar-refractivity contribution >= 4 is 11.9 Å². The molecule has 0 aromatic heterocycles. The van der Waals surface area contributed by atoms with Crippen LogP contribution >= 0.6 is 0 Å². The van der Waals surface area contributed by atoms with Crippen molar-refractivity contribution in [2.45, 2.75) is 38.1 Å². The molecule has 134 valence electrons. The molecule has 6 heteroatoms. The van der Waals surface area contributed by atoms with E-state index in [1.54, 1.807) is 0 Å². The number of hydrogen-bond acceptors (Lipinski definition) is 4. The zero-order valence-electron chi connectivity index (χ0n) is 14.6. The van der Waals surface area contributed by atoms with E-state index in [2.05, 4.69) is 33.7 Å². The second-order valence-electron chi connectivity index (χ2n) is 7.54. The number of nitrogens with one attached hydrogen (secondary N) is 2. The average Bonchev–Trinajstić information content (AvgIpc) is 3.17. The van der Waals surface area contributed by atoms with Crippen LogP contribution in [0.2, 0.25) is 0 Å². The minimum absolute atomic E-state index is 0.154. The Kier molecular flexibility index (Phi) is 4.15. The Bertz CT molecular complexity index is 705. The van der Waals surface area contributed by atoms with E-state index in [1.165, 1.54) is 11.1 Å². The molecule has 4 rings (SSSR count). The van der Waals surface area contributed by atoms with E-state index in [1.807, 2.05) is 6.92 Å². The highest BCUT2D eigenvalue weighted by molar-refractivity contribution is 6.07. The topological polar surface area (TPSA) is 70.7 Å². The number of urea groups is 1. The summed E-state index contributed by atoms with van der Waals surface area (Å²) in [7, 11) is 0. The number of fused-ring (bicyclic) bond motifs is 1. The zero-order chi connectivity index (χ0) is 17.4. The summed E-state index contributed by atoms with van der Waals surface area (Å²) in [4.78, 5) is 26.1. The average molecular weight is 343 g/mol. The SMILES string of the molecule is C[C@]1([C@@H]2CCCN(CCc3ccc4c(c3)CCO4)C2)NC(=O)NC1=O. The second kappa shape index (κ2) is 6.33. The molecule has 3 aliphatic rings. The number of amides is 3. The van der Waals surface area contributed by atoms with Gasteiger partial charge >= 0.3 is 6.03 Å². The number of carbonyl (C=O) groups is 2. The van der Waals surface area contributed by atoms with E-state index in [0.717, 1.165) is 57.7 Å². The maximum Gasteiger partial charge on any atom is 0.322 e. The van der Waals surface area contributed by atoms with Gasteiger partial charge in [0.25, 0.3) is 5.91 Å². The summed E-state index contributed by atoms with van der Waals surface area (Å²) in [6, 6.07) is 6.12. The van der Waals surface area contributed by atoms with Crippen LogP contribution in [-0.2, 0) is 17.6 Å². The van der Waals surface area contributed by atoms with E-state index >= 15 is 0 Å². The molecule has 0 bridgehead atoms. The second-order valence-corrected chi connectivity index (χ2v) is 7.54. The highest BCUT2D eigenvalue weighted by Crippen LogP contribution is 2.30. The van der Waals surface area contributed by atoms with Crippen LogP contribution in [0.5, 0.6) is 5.75 Å². The number of benzene rings is 1. The number of ether oxygens (including phenoxy) is 1. The van der Waals surface area contributed by atoms with Crippen molar-refractivity contribution in [2.75, 3.05) is 26.2 Å². The van der Waals surface area contributed by atoms with Gasteiger partial charge in [0.2, 0.25) is 0 Å². The fourth-order valence-electron chi connectivity index (χ4n) is 4.26. The lowest BCUT2D eigenvalue weighted by molar-refractivity contribution is -0.126. The molecule has 2 atom stereocenters. The van der Waals surface area contributed by atoms with Crippen LogP contribution in [0.4, 0.5) is 4.79 Å². The third kappa shape index (κ3) is 3.11. The smallest absolute Gasteiger partial charge is 0.322 e. The van der Waals surface area contributed by atoms with Crippen LogP contribution in [0.25, 0.3) is 0 Å². The van der Waals surface area contributed by atoms with Gasteiger partial charge in [-0.3, -0.25) is 10.1 Å². The molecule has 2 saturated heterocycles. The van der Waals surface area contributed by atoms with Gasteiger partial charge in [0, 0.05) is 25.4 Å². The first-order valence-electron chi connectivity index (χ1n) is 9.15. The summed E-state index contributed by atoms with van der Waals surface area (Å²) in [5.74, 6) is 0.988. The van der Waals surface area contributed by atoms with Crippen LogP contribution < -0.4 is 15.4 Å². The molecule has 0 unspecified atom stereocenters. The number of carbonyl (C=O) groups excluding carboxylic acids is 2. The largest absolute Gasteiger partial charge is 0.493 e. The zero-order valence-corrected chi connectivity index (χ0v) is 14.6. The lowest BCUT2D eigenvalue weighted by Gasteiger charge is -2.39. The van der Waals surface area contributed by atoms with Gasteiger partial charge in [-0.15, -0.1) is 0 Å². The molecule has 2 N–H and O–H groups in total. The maximum absolute atomic E-state index is 12.2. The van der Waals surface area contributed by atoms with Crippen LogP contribution in [0.1, 0.15) is 30.9 Å². The molecule has 2 fully saturated rings. The summed E-state index contributed by atoms with van der Waals surface area (Å²) < 4.78 is 5.57. The number of rotatable bonds is 4. The number of piperidine rings is 1. The Morgan fingerprint density at radius 2 is 2.24 bits per heavy atom. The first kappa shape index (κ1) is 16.4. The Morgan fingerprint density at radius 3 is 3.04 bits per heavy atom.